The van der Waals surface area contributed by atoms with Crippen molar-refractivity contribution in [2.45, 2.75) is 25.8 Å². The van der Waals surface area contributed by atoms with Crippen LogP contribution in [0.15, 0.2) is 82.5 Å². The number of anilines is 1. The number of aliphatic hydroxyl groups excluding tert-OH is 1. The second-order valence-corrected chi connectivity index (χ2v) is 9.52. The number of amides is 1. The molecule has 4 aromatic rings. The van der Waals surface area contributed by atoms with Crippen LogP contribution in [0.5, 0.6) is 17.2 Å². The maximum absolute atomic E-state index is 14.0. The van der Waals surface area contributed by atoms with Crippen molar-refractivity contribution in [1.82, 2.24) is 0 Å². The molecule has 200 valence electrons. The number of furan rings is 1. The summed E-state index contributed by atoms with van der Waals surface area (Å²) in [6.07, 6.45) is 0. The number of rotatable bonds is 8. The number of hydrogen-bond acceptors (Lipinski definition) is 7. The minimum atomic E-state index is -0.954. The van der Waals surface area contributed by atoms with Gasteiger partial charge in [-0.2, -0.15) is 0 Å². The van der Waals surface area contributed by atoms with Crippen molar-refractivity contribution < 1.29 is 33.3 Å². The van der Waals surface area contributed by atoms with Crippen LogP contribution in [-0.4, -0.2) is 38.1 Å². The Labute approximate surface area is 226 Å². The van der Waals surface area contributed by atoms with E-state index in [-0.39, 0.29) is 11.3 Å². The van der Waals surface area contributed by atoms with Gasteiger partial charge in [-0.25, -0.2) is 0 Å². The van der Waals surface area contributed by atoms with Gasteiger partial charge in [0.2, 0.25) is 5.78 Å². The van der Waals surface area contributed by atoms with Gasteiger partial charge < -0.3 is 23.7 Å². The fourth-order valence-corrected chi connectivity index (χ4v) is 4.90. The zero-order chi connectivity index (χ0) is 27.8. The Kier molecular flexibility index (Phi) is 6.78. The highest BCUT2D eigenvalue weighted by molar-refractivity contribution is 6.20. The maximum Gasteiger partial charge on any atom is 0.294 e. The quantitative estimate of drug-likeness (QED) is 0.266. The largest absolute Gasteiger partial charge is 0.503 e. The van der Waals surface area contributed by atoms with Crippen LogP contribution in [0.2, 0.25) is 0 Å². The molecule has 1 atom stereocenters. The molecule has 39 heavy (non-hydrogen) atoms. The molecule has 0 aliphatic carbocycles. The molecule has 8 nitrogen and oxygen atoms in total. The Morgan fingerprint density at radius 3 is 2.23 bits per heavy atom. The molecule has 1 aliphatic rings. The average molecular weight is 528 g/mol. The molecule has 2 heterocycles. The highest BCUT2D eigenvalue weighted by Gasteiger charge is 2.45. The minimum absolute atomic E-state index is 0.0219. The molecule has 5 rings (SSSR count). The molecule has 1 unspecified atom stereocenters. The summed E-state index contributed by atoms with van der Waals surface area (Å²) in [6, 6.07) is 18.6. The number of para-hydroxylation sites is 1. The van der Waals surface area contributed by atoms with Gasteiger partial charge in [-0.15, -0.1) is 0 Å². The highest BCUT2D eigenvalue weighted by atomic mass is 16.5. The molecular weight excluding hydrogens is 498 g/mol. The first-order valence-electron chi connectivity index (χ1n) is 12.5. The number of benzene rings is 3. The first-order chi connectivity index (χ1) is 18.8. The fraction of sp³-hybridized carbons (Fsp3) is 0.226. The van der Waals surface area contributed by atoms with Gasteiger partial charge in [0.05, 0.1) is 32.9 Å². The standard InChI is InChI=1S/C31H29NO7/c1-17(2)18-9-12-21(13-10-18)32-27(19-11-14-22(36-3)24(15-19)38-5)26(29(34)31(32)35)28(33)25-16-20-7-6-8-23(37-4)30(20)39-25/h6-17,27,34H,1-5H3. The zero-order valence-corrected chi connectivity index (χ0v) is 22.3. The number of ketones is 1. The van der Waals surface area contributed by atoms with Crippen molar-refractivity contribution in [3.8, 4) is 17.2 Å². The van der Waals surface area contributed by atoms with Crippen LogP contribution < -0.4 is 19.1 Å². The molecular formula is C31H29NO7. The number of hydrogen-bond donors (Lipinski definition) is 1. The van der Waals surface area contributed by atoms with Crippen molar-refractivity contribution in [2.75, 3.05) is 26.2 Å². The molecule has 3 aromatic carbocycles. The summed E-state index contributed by atoms with van der Waals surface area (Å²) in [4.78, 5) is 28.9. The van der Waals surface area contributed by atoms with Crippen LogP contribution in [0.3, 0.4) is 0 Å². The minimum Gasteiger partial charge on any atom is -0.503 e. The predicted molar refractivity (Wildman–Crippen MR) is 147 cm³/mol. The third-order valence-corrected chi connectivity index (χ3v) is 6.97. The monoisotopic (exact) mass is 527 g/mol. The van der Waals surface area contributed by atoms with E-state index in [0.717, 1.165) is 5.56 Å². The first kappa shape index (κ1) is 25.9. The van der Waals surface area contributed by atoms with Crippen molar-refractivity contribution in [1.29, 1.82) is 0 Å². The van der Waals surface area contributed by atoms with Crippen LogP contribution in [0, 0.1) is 0 Å². The number of aliphatic hydroxyl groups is 1. The number of carbonyl (C=O) groups excluding carboxylic acids is 2. The van der Waals surface area contributed by atoms with Gasteiger partial charge >= 0.3 is 0 Å². The molecule has 0 spiro atoms. The van der Waals surface area contributed by atoms with Gasteiger partial charge in [0, 0.05) is 11.1 Å². The summed E-state index contributed by atoms with van der Waals surface area (Å²) >= 11 is 0. The van der Waals surface area contributed by atoms with Gasteiger partial charge in [-0.05, 0) is 53.4 Å². The van der Waals surface area contributed by atoms with Gasteiger partial charge in [0.25, 0.3) is 5.91 Å². The van der Waals surface area contributed by atoms with Crippen LogP contribution in [0.1, 0.15) is 47.5 Å². The van der Waals surface area contributed by atoms with E-state index >= 15 is 0 Å². The Hall–Kier alpha value is -4.72. The third kappa shape index (κ3) is 4.37. The van der Waals surface area contributed by atoms with Crippen molar-refractivity contribution >= 4 is 28.3 Å². The van der Waals surface area contributed by atoms with Crippen LogP contribution in [0.4, 0.5) is 5.69 Å². The van der Waals surface area contributed by atoms with E-state index in [1.165, 1.54) is 26.2 Å². The van der Waals surface area contributed by atoms with Crippen molar-refractivity contribution in [3.63, 3.8) is 0 Å². The SMILES string of the molecule is COc1ccc(C2C(C(=O)c3cc4cccc(OC)c4o3)=C(O)C(=O)N2c2ccc(C(C)C)cc2)cc1OC. The highest BCUT2D eigenvalue weighted by Crippen LogP contribution is 2.44. The van der Waals surface area contributed by atoms with E-state index in [2.05, 4.69) is 13.8 Å². The Balaban J connectivity index is 1.67. The number of nitrogens with zero attached hydrogens (tertiary/aromatic N) is 1. The Bertz CT molecular complexity index is 1600. The van der Waals surface area contributed by atoms with Gasteiger partial charge in [0.1, 0.15) is 0 Å². The van der Waals surface area contributed by atoms with E-state index in [9.17, 15) is 14.7 Å². The van der Waals surface area contributed by atoms with Crippen LogP contribution >= 0.6 is 0 Å². The molecule has 0 fully saturated rings. The number of methoxy groups -OCH3 is 3. The van der Waals surface area contributed by atoms with E-state index in [1.54, 1.807) is 42.5 Å². The summed E-state index contributed by atoms with van der Waals surface area (Å²) < 4.78 is 22.1. The fourth-order valence-electron chi connectivity index (χ4n) is 4.90. The molecule has 1 aromatic heterocycles. The Morgan fingerprint density at radius 2 is 1.59 bits per heavy atom. The van der Waals surface area contributed by atoms with Gasteiger partial charge in [-0.1, -0.05) is 44.2 Å². The summed E-state index contributed by atoms with van der Waals surface area (Å²) in [5, 5.41) is 11.8. The third-order valence-electron chi connectivity index (χ3n) is 6.97. The maximum atomic E-state index is 14.0. The molecule has 8 heteroatoms. The molecule has 0 saturated heterocycles. The van der Waals surface area contributed by atoms with Crippen LogP contribution in [0.25, 0.3) is 11.0 Å². The lowest BCUT2D eigenvalue weighted by Crippen LogP contribution is -2.31. The average Bonchev–Trinajstić information content (AvgIpc) is 3.51. The van der Waals surface area contributed by atoms with E-state index < -0.39 is 23.5 Å². The summed E-state index contributed by atoms with van der Waals surface area (Å²) in [5.74, 6) is -0.289. The van der Waals surface area contributed by atoms with Gasteiger partial charge in [-0.3, -0.25) is 14.5 Å². The van der Waals surface area contributed by atoms with Gasteiger partial charge in [0.15, 0.2) is 34.4 Å². The number of Topliss-reactive ketones (excluding diaryl/α,β-unsaturated/α-hetero) is 1. The van der Waals surface area contributed by atoms with E-state index in [1.807, 2.05) is 24.3 Å². The number of fused-ring (bicyclic) bond motifs is 1. The second-order valence-electron chi connectivity index (χ2n) is 9.52. The summed E-state index contributed by atoms with van der Waals surface area (Å²) in [7, 11) is 4.54. The first-order valence-corrected chi connectivity index (χ1v) is 12.5. The predicted octanol–water partition coefficient (Wildman–Crippen LogP) is 6.36. The lowest BCUT2D eigenvalue weighted by Gasteiger charge is -2.27. The normalized spacial score (nSPS) is 15.4. The van der Waals surface area contributed by atoms with Crippen molar-refractivity contribution in [2.24, 2.45) is 0 Å². The smallest absolute Gasteiger partial charge is 0.294 e. The molecule has 1 N–H and O–H groups in total. The molecule has 0 saturated carbocycles. The number of carbonyl (C=O) groups is 2. The Morgan fingerprint density at radius 1 is 0.897 bits per heavy atom. The second kappa shape index (κ2) is 10.2. The van der Waals surface area contributed by atoms with Crippen molar-refractivity contribution in [3.05, 3.63) is 94.9 Å². The molecule has 0 bridgehead atoms. The lowest BCUT2D eigenvalue weighted by atomic mass is 9.94. The molecule has 0 radical (unpaired) electrons. The zero-order valence-electron chi connectivity index (χ0n) is 22.3. The molecule has 1 amide bonds. The summed E-state index contributed by atoms with van der Waals surface area (Å²) in [5.41, 5.74) is 2.48. The topological polar surface area (TPSA) is 98.4 Å². The summed E-state index contributed by atoms with van der Waals surface area (Å²) in [6.45, 7) is 4.16. The molecule has 1 aliphatic heterocycles. The van der Waals surface area contributed by atoms with Crippen LogP contribution in [-0.2, 0) is 4.79 Å². The van der Waals surface area contributed by atoms with E-state index in [4.69, 9.17) is 18.6 Å². The van der Waals surface area contributed by atoms with E-state index in [0.29, 0.717) is 45.4 Å². The lowest BCUT2D eigenvalue weighted by molar-refractivity contribution is -0.117. The number of ether oxygens (including phenoxy) is 3.